The standard InChI is InChI=1S/C38H45NO4/c1-6-9-10-11-22-39-33-21-18-28(23-32(33)38(4,5)34(39)24-31-35(40)37(42)36(31)41)27-14-12-25(13-15-27)26-16-19-30(20-17-26)43-29(7-2)8-3/h12-21,24,28-29,40H,6-11,22-23H2,1-5H3. The lowest BCUT2D eigenvalue weighted by Gasteiger charge is -2.30. The van der Waals surface area contributed by atoms with Crippen LogP contribution in [0.1, 0.15) is 96.6 Å². The van der Waals surface area contributed by atoms with E-state index in [1.807, 2.05) is 0 Å². The SMILES string of the molecule is CCCCCCN1C(=Cc2c(O)c(=O)c2=O)C(C)(C)C2=C1C=CC(c1ccc(-c3ccc(OC(CC)CC)cc3)cc1)C2. The highest BCUT2D eigenvalue weighted by atomic mass is 16.5. The first-order chi connectivity index (χ1) is 20.7. The normalized spacial score (nSPS) is 18.7. The number of allylic oxidation sites excluding steroid dienone is 3. The quantitative estimate of drug-likeness (QED) is 0.172. The van der Waals surface area contributed by atoms with Crippen molar-refractivity contribution in [3.8, 4) is 22.6 Å². The maximum atomic E-state index is 12.3. The first kappa shape index (κ1) is 30.6. The van der Waals surface area contributed by atoms with Crippen LogP contribution in [0.5, 0.6) is 11.5 Å². The van der Waals surface area contributed by atoms with Crippen LogP contribution >= 0.6 is 0 Å². The van der Waals surface area contributed by atoms with Gasteiger partial charge in [-0.2, -0.15) is 0 Å². The Hall–Kier alpha value is -3.86. The third-order valence-electron chi connectivity index (χ3n) is 9.37. The fourth-order valence-electron chi connectivity index (χ4n) is 6.54. The van der Waals surface area contributed by atoms with Gasteiger partial charge in [-0.3, -0.25) is 9.59 Å². The van der Waals surface area contributed by atoms with Crippen molar-refractivity contribution >= 4 is 6.08 Å². The van der Waals surface area contributed by atoms with Gasteiger partial charge in [0.15, 0.2) is 5.75 Å². The number of nitrogens with zero attached hydrogens (tertiary/aromatic N) is 1. The Bertz CT molecular complexity index is 1590. The van der Waals surface area contributed by atoms with Crippen LogP contribution in [-0.2, 0) is 0 Å². The van der Waals surface area contributed by atoms with Gasteiger partial charge in [0.1, 0.15) is 5.75 Å². The Morgan fingerprint density at radius 2 is 1.58 bits per heavy atom. The predicted octanol–water partition coefficient (Wildman–Crippen LogP) is 8.48. The molecule has 3 aromatic rings. The van der Waals surface area contributed by atoms with E-state index in [-0.39, 0.29) is 23.0 Å². The average molecular weight is 580 g/mol. The largest absolute Gasteiger partial charge is 0.504 e. The first-order valence-corrected chi connectivity index (χ1v) is 16.0. The van der Waals surface area contributed by atoms with Crippen LogP contribution in [0.4, 0.5) is 0 Å². The molecule has 0 bridgehead atoms. The van der Waals surface area contributed by atoms with E-state index in [0.717, 1.165) is 56.5 Å². The maximum absolute atomic E-state index is 12.3. The molecule has 5 nitrogen and oxygen atoms in total. The Labute approximate surface area is 255 Å². The van der Waals surface area contributed by atoms with Crippen LogP contribution in [0.3, 0.4) is 0 Å². The van der Waals surface area contributed by atoms with E-state index in [1.54, 1.807) is 6.08 Å². The van der Waals surface area contributed by atoms with Crippen molar-refractivity contribution in [2.24, 2.45) is 5.41 Å². The third kappa shape index (κ3) is 6.00. The minimum atomic E-state index is -0.788. The number of hydrogen-bond donors (Lipinski definition) is 1. The molecular weight excluding hydrogens is 534 g/mol. The summed E-state index contributed by atoms with van der Waals surface area (Å²) in [4.78, 5) is 26.3. The molecule has 2 aliphatic rings. The van der Waals surface area contributed by atoms with Crippen molar-refractivity contribution < 1.29 is 9.84 Å². The monoisotopic (exact) mass is 579 g/mol. The summed E-state index contributed by atoms with van der Waals surface area (Å²) in [5, 5.41) is 10.1. The number of rotatable bonds is 12. The van der Waals surface area contributed by atoms with E-state index in [0.29, 0.717) is 0 Å². The van der Waals surface area contributed by atoms with Crippen LogP contribution in [0.2, 0.25) is 0 Å². The summed E-state index contributed by atoms with van der Waals surface area (Å²) in [6, 6.07) is 17.2. The Morgan fingerprint density at radius 3 is 2.19 bits per heavy atom. The van der Waals surface area contributed by atoms with Gasteiger partial charge in [0.2, 0.25) is 5.43 Å². The third-order valence-corrected chi connectivity index (χ3v) is 9.37. The number of benzene rings is 2. The van der Waals surface area contributed by atoms with Gasteiger partial charge in [0.05, 0.1) is 11.7 Å². The zero-order valence-electron chi connectivity index (χ0n) is 26.3. The lowest BCUT2D eigenvalue weighted by molar-refractivity contribution is 0.193. The second-order valence-electron chi connectivity index (χ2n) is 12.5. The average Bonchev–Trinajstić information content (AvgIpc) is 3.25. The van der Waals surface area contributed by atoms with Crippen molar-refractivity contribution in [1.82, 2.24) is 4.90 Å². The number of ether oxygens (including phenoxy) is 1. The summed E-state index contributed by atoms with van der Waals surface area (Å²) in [7, 11) is 0. The molecule has 1 heterocycles. The van der Waals surface area contributed by atoms with Crippen molar-refractivity contribution in [2.45, 2.75) is 91.6 Å². The molecule has 0 saturated carbocycles. The molecule has 1 aliphatic carbocycles. The van der Waals surface area contributed by atoms with Crippen LogP contribution in [-0.4, -0.2) is 22.7 Å². The maximum Gasteiger partial charge on any atom is 0.268 e. The van der Waals surface area contributed by atoms with Crippen LogP contribution < -0.4 is 15.6 Å². The van der Waals surface area contributed by atoms with E-state index >= 15 is 0 Å². The summed E-state index contributed by atoms with van der Waals surface area (Å²) < 4.78 is 6.08. The fraction of sp³-hybridized carbons (Fsp3) is 0.421. The fourth-order valence-corrected chi connectivity index (χ4v) is 6.54. The molecule has 1 unspecified atom stereocenters. The minimum Gasteiger partial charge on any atom is -0.504 e. The van der Waals surface area contributed by atoms with Crippen LogP contribution in [0.25, 0.3) is 17.2 Å². The van der Waals surface area contributed by atoms with Gasteiger partial charge in [-0.05, 0) is 72.2 Å². The topological polar surface area (TPSA) is 66.8 Å². The molecule has 3 aromatic carbocycles. The Morgan fingerprint density at radius 1 is 0.930 bits per heavy atom. The Balaban J connectivity index is 1.36. The molecule has 0 fully saturated rings. The van der Waals surface area contributed by atoms with E-state index in [1.165, 1.54) is 34.4 Å². The van der Waals surface area contributed by atoms with Crippen molar-refractivity contribution in [1.29, 1.82) is 0 Å². The summed E-state index contributed by atoms with van der Waals surface area (Å²) in [6.07, 6.45) is 14.0. The van der Waals surface area contributed by atoms with Gasteiger partial charge in [-0.15, -0.1) is 0 Å². The van der Waals surface area contributed by atoms with Gasteiger partial charge >= 0.3 is 0 Å². The first-order valence-electron chi connectivity index (χ1n) is 16.0. The minimum absolute atomic E-state index is 0.137. The van der Waals surface area contributed by atoms with E-state index in [4.69, 9.17) is 4.74 Å². The van der Waals surface area contributed by atoms with Crippen molar-refractivity contribution in [3.05, 3.63) is 109 Å². The molecule has 0 spiro atoms. The molecular formula is C38H45NO4. The van der Waals surface area contributed by atoms with E-state index in [2.05, 4.69) is 100 Å². The molecule has 43 heavy (non-hydrogen) atoms. The van der Waals surface area contributed by atoms with E-state index in [9.17, 15) is 14.7 Å². The second-order valence-corrected chi connectivity index (χ2v) is 12.5. The smallest absolute Gasteiger partial charge is 0.268 e. The van der Waals surface area contributed by atoms with Crippen LogP contribution in [0, 0.1) is 5.41 Å². The highest BCUT2D eigenvalue weighted by molar-refractivity contribution is 5.67. The molecule has 0 saturated heterocycles. The van der Waals surface area contributed by atoms with Crippen molar-refractivity contribution in [2.75, 3.05) is 6.54 Å². The lowest BCUT2D eigenvalue weighted by atomic mass is 9.75. The number of unbranched alkanes of at least 4 members (excludes halogenated alkanes) is 3. The summed E-state index contributed by atoms with van der Waals surface area (Å²) in [6.45, 7) is 11.7. The summed E-state index contributed by atoms with van der Waals surface area (Å²) in [5.74, 6) is 0.742. The molecule has 1 N–H and O–H groups in total. The number of hydrogen-bond acceptors (Lipinski definition) is 5. The highest BCUT2D eigenvalue weighted by Crippen LogP contribution is 2.53. The zero-order chi connectivity index (χ0) is 30.7. The van der Waals surface area contributed by atoms with Gasteiger partial charge in [0.25, 0.3) is 5.43 Å². The molecule has 0 amide bonds. The molecule has 5 rings (SSSR count). The van der Waals surface area contributed by atoms with E-state index < -0.39 is 16.6 Å². The van der Waals surface area contributed by atoms with Gasteiger partial charge in [-0.1, -0.05) is 96.4 Å². The second kappa shape index (κ2) is 12.8. The van der Waals surface area contributed by atoms with Gasteiger partial charge in [-0.25, -0.2) is 0 Å². The highest BCUT2D eigenvalue weighted by Gasteiger charge is 2.43. The molecule has 1 aliphatic heterocycles. The molecule has 0 radical (unpaired) electrons. The zero-order valence-corrected chi connectivity index (χ0v) is 26.3. The molecule has 5 heteroatoms. The number of aromatic hydroxyl groups is 1. The predicted molar refractivity (Wildman–Crippen MR) is 176 cm³/mol. The summed E-state index contributed by atoms with van der Waals surface area (Å²) in [5.41, 5.74) is 5.52. The van der Waals surface area contributed by atoms with Gasteiger partial charge in [0, 0.05) is 29.3 Å². The van der Waals surface area contributed by atoms with Gasteiger partial charge < -0.3 is 14.7 Å². The molecule has 1 atom stereocenters. The van der Waals surface area contributed by atoms with Crippen molar-refractivity contribution in [3.63, 3.8) is 0 Å². The van der Waals surface area contributed by atoms with Crippen LogP contribution in [0.15, 0.2) is 87.2 Å². The summed E-state index contributed by atoms with van der Waals surface area (Å²) >= 11 is 0. The Kier molecular flexibility index (Phi) is 9.10. The molecule has 226 valence electrons. The lowest BCUT2D eigenvalue weighted by Crippen LogP contribution is -2.34. The molecule has 0 aromatic heterocycles.